The minimum atomic E-state index is -0.263. The van der Waals surface area contributed by atoms with E-state index in [0.29, 0.717) is 6.54 Å². The van der Waals surface area contributed by atoms with Crippen molar-refractivity contribution in [2.45, 2.75) is 38.6 Å². The van der Waals surface area contributed by atoms with Gasteiger partial charge in [0.2, 0.25) is 0 Å². The molecule has 116 valence electrons. The smallest absolute Gasteiger partial charge is 0.324 e. The average molecular weight is 290 g/mol. The predicted octanol–water partition coefficient (Wildman–Crippen LogP) is 2.37. The molecular formula is C17H26N2O2. The van der Waals surface area contributed by atoms with Crippen molar-refractivity contribution in [2.24, 2.45) is 0 Å². The molecule has 1 N–H and O–H groups in total. The number of hydrogen-bond donors (Lipinski definition) is 1. The van der Waals surface area contributed by atoms with Crippen LogP contribution in [0.5, 0.6) is 0 Å². The van der Waals surface area contributed by atoms with E-state index in [2.05, 4.69) is 41.4 Å². The largest absolute Gasteiger partial charge is 0.468 e. The van der Waals surface area contributed by atoms with E-state index >= 15 is 0 Å². The molecule has 0 aromatic heterocycles. The molecule has 0 spiro atoms. The lowest BCUT2D eigenvalue weighted by atomic mass is 10.1. The number of ether oxygens (including phenoxy) is 1. The lowest BCUT2D eigenvalue weighted by Gasteiger charge is -2.29. The summed E-state index contributed by atoms with van der Waals surface area (Å²) in [6.45, 7) is 4.60. The number of esters is 1. The fourth-order valence-corrected chi connectivity index (χ4v) is 2.86. The number of methoxy groups -OCH3 is 1. The van der Waals surface area contributed by atoms with E-state index in [9.17, 15) is 4.79 Å². The minimum Gasteiger partial charge on any atom is -0.468 e. The van der Waals surface area contributed by atoms with E-state index in [4.69, 9.17) is 4.74 Å². The molecule has 1 aromatic rings. The third kappa shape index (κ3) is 4.21. The first-order valence-corrected chi connectivity index (χ1v) is 7.90. The van der Waals surface area contributed by atoms with Gasteiger partial charge in [-0.25, -0.2) is 0 Å². The number of hydrogen-bond acceptors (Lipinski definition) is 4. The highest BCUT2D eigenvalue weighted by Crippen LogP contribution is 2.26. The number of rotatable bonds is 6. The van der Waals surface area contributed by atoms with Crippen LogP contribution in [-0.2, 0) is 16.0 Å². The molecule has 4 heteroatoms. The van der Waals surface area contributed by atoms with Crippen LogP contribution in [0.3, 0.4) is 0 Å². The molecule has 4 nitrogen and oxygen atoms in total. The summed E-state index contributed by atoms with van der Waals surface area (Å²) in [6.07, 6.45) is 4.50. The van der Waals surface area contributed by atoms with E-state index in [1.807, 2.05) is 0 Å². The first-order valence-electron chi connectivity index (χ1n) is 7.90. The van der Waals surface area contributed by atoms with Crippen LogP contribution in [0.25, 0.3) is 0 Å². The van der Waals surface area contributed by atoms with Crippen LogP contribution in [0.15, 0.2) is 24.3 Å². The van der Waals surface area contributed by atoms with Gasteiger partial charge in [-0.2, -0.15) is 0 Å². The standard InChI is InChI=1S/C17H26N2O2/c1-3-11-18-15(17(20)21-2)13-19-12-7-6-9-14-8-4-5-10-16(14)19/h4-5,8,10,15,18H,3,6-7,9,11-13H2,1-2H3. The monoisotopic (exact) mass is 290 g/mol. The molecule has 0 radical (unpaired) electrons. The second kappa shape index (κ2) is 8.03. The first-order chi connectivity index (χ1) is 10.3. The topological polar surface area (TPSA) is 41.6 Å². The molecular weight excluding hydrogens is 264 g/mol. The Morgan fingerprint density at radius 1 is 1.38 bits per heavy atom. The Morgan fingerprint density at radius 3 is 2.95 bits per heavy atom. The maximum atomic E-state index is 12.0. The summed E-state index contributed by atoms with van der Waals surface area (Å²) in [7, 11) is 1.46. The SMILES string of the molecule is CCCNC(CN1CCCCc2ccccc21)C(=O)OC. The summed E-state index contributed by atoms with van der Waals surface area (Å²) >= 11 is 0. The van der Waals surface area contributed by atoms with Crippen molar-refractivity contribution in [1.82, 2.24) is 5.32 Å². The van der Waals surface area contributed by atoms with E-state index < -0.39 is 0 Å². The van der Waals surface area contributed by atoms with Gasteiger partial charge in [0.1, 0.15) is 6.04 Å². The van der Waals surface area contributed by atoms with E-state index in [0.717, 1.165) is 32.4 Å². The quantitative estimate of drug-likeness (QED) is 0.817. The van der Waals surface area contributed by atoms with Gasteiger partial charge in [-0.3, -0.25) is 4.79 Å². The summed E-state index contributed by atoms with van der Waals surface area (Å²) in [4.78, 5) is 14.3. The first kappa shape index (κ1) is 15.8. The van der Waals surface area contributed by atoms with E-state index in [1.165, 1.54) is 24.8 Å². The van der Waals surface area contributed by atoms with E-state index in [-0.39, 0.29) is 12.0 Å². The Morgan fingerprint density at radius 2 is 2.19 bits per heavy atom. The maximum absolute atomic E-state index is 12.0. The van der Waals surface area contributed by atoms with Crippen LogP contribution in [0, 0.1) is 0 Å². The molecule has 0 saturated heterocycles. The van der Waals surface area contributed by atoms with Gasteiger partial charge in [-0.15, -0.1) is 0 Å². The van der Waals surface area contributed by atoms with Crippen LogP contribution in [0.4, 0.5) is 5.69 Å². The lowest BCUT2D eigenvalue weighted by Crippen LogP contribution is -2.47. The molecule has 1 aromatic carbocycles. The average Bonchev–Trinajstić information content (AvgIpc) is 2.73. The highest BCUT2D eigenvalue weighted by molar-refractivity contribution is 5.76. The van der Waals surface area contributed by atoms with E-state index in [1.54, 1.807) is 0 Å². The number of carbonyl (C=O) groups is 1. The van der Waals surface area contributed by atoms with Gasteiger partial charge >= 0.3 is 5.97 Å². The fourth-order valence-electron chi connectivity index (χ4n) is 2.86. The number of nitrogens with one attached hydrogen (secondary N) is 1. The predicted molar refractivity (Wildman–Crippen MR) is 85.7 cm³/mol. The summed E-state index contributed by atoms with van der Waals surface area (Å²) < 4.78 is 4.94. The number of fused-ring (bicyclic) bond motifs is 1. The summed E-state index contributed by atoms with van der Waals surface area (Å²) in [5.41, 5.74) is 2.65. The van der Waals surface area contributed by atoms with Crippen molar-refractivity contribution < 1.29 is 9.53 Å². The van der Waals surface area contributed by atoms with Gasteiger partial charge in [0, 0.05) is 18.8 Å². The molecule has 1 unspecified atom stereocenters. The zero-order valence-corrected chi connectivity index (χ0v) is 13.1. The number of para-hydroxylation sites is 1. The Bertz CT molecular complexity index is 462. The molecule has 1 heterocycles. The zero-order chi connectivity index (χ0) is 15.1. The van der Waals surface area contributed by atoms with Crippen molar-refractivity contribution in [3.63, 3.8) is 0 Å². The Labute approximate surface area is 127 Å². The molecule has 2 rings (SSSR count). The summed E-state index contributed by atoms with van der Waals surface area (Å²) in [6, 6.07) is 8.26. The van der Waals surface area contributed by atoms with Crippen molar-refractivity contribution in [1.29, 1.82) is 0 Å². The number of carbonyl (C=O) groups excluding carboxylic acids is 1. The summed E-state index contributed by atoms with van der Waals surface area (Å²) in [5, 5.41) is 3.30. The Balaban J connectivity index is 2.13. The van der Waals surface area contributed by atoms with Crippen LogP contribution < -0.4 is 10.2 Å². The van der Waals surface area contributed by atoms with Crippen molar-refractivity contribution in [3.05, 3.63) is 29.8 Å². The maximum Gasteiger partial charge on any atom is 0.324 e. The van der Waals surface area contributed by atoms with Crippen LogP contribution in [0.2, 0.25) is 0 Å². The van der Waals surface area contributed by atoms with Gasteiger partial charge in [0.05, 0.1) is 7.11 Å². The van der Waals surface area contributed by atoms with Gasteiger partial charge < -0.3 is 15.0 Å². The van der Waals surface area contributed by atoms with Crippen LogP contribution >= 0.6 is 0 Å². The van der Waals surface area contributed by atoms with Crippen molar-refractivity contribution in [2.75, 3.05) is 31.6 Å². The second-order valence-electron chi connectivity index (χ2n) is 5.56. The third-order valence-corrected chi connectivity index (χ3v) is 3.99. The third-order valence-electron chi connectivity index (χ3n) is 3.99. The molecule has 21 heavy (non-hydrogen) atoms. The Kier molecular flexibility index (Phi) is 6.05. The zero-order valence-electron chi connectivity index (χ0n) is 13.1. The highest BCUT2D eigenvalue weighted by atomic mass is 16.5. The van der Waals surface area contributed by atoms with Gasteiger partial charge in [0.15, 0.2) is 0 Å². The summed E-state index contributed by atoms with van der Waals surface area (Å²) in [5.74, 6) is -0.176. The number of anilines is 1. The molecule has 0 bridgehead atoms. The lowest BCUT2D eigenvalue weighted by molar-refractivity contribution is -0.142. The number of benzene rings is 1. The molecule has 1 aliphatic heterocycles. The molecule has 0 saturated carbocycles. The fraction of sp³-hybridized carbons (Fsp3) is 0.588. The Hall–Kier alpha value is -1.55. The molecule has 1 atom stereocenters. The van der Waals surface area contributed by atoms with Gasteiger partial charge in [-0.05, 0) is 43.9 Å². The van der Waals surface area contributed by atoms with Crippen molar-refractivity contribution >= 4 is 11.7 Å². The number of aryl methyl sites for hydroxylation is 1. The minimum absolute atomic E-state index is 0.176. The van der Waals surface area contributed by atoms with Crippen molar-refractivity contribution in [3.8, 4) is 0 Å². The highest BCUT2D eigenvalue weighted by Gasteiger charge is 2.24. The molecule has 0 fully saturated rings. The van der Waals surface area contributed by atoms with Gasteiger partial charge in [-0.1, -0.05) is 25.1 Å². The molecule has 0 aliphatic carbocycles. The number of nitrogens with zero attached hydrogens (tertiary/aromatic N) is 1. The molecule has 0 amide bonds. The van der Waals surface area contributed by atoms with Gasteiger partial charge in [0.25, 0.3) is 0 Å². The van der Waals surface area contributed by atoms with Crippen LogP contribution in [0.1, 0.15) is 31.7 Å². The molecule has 1 aliphatic rings. The normalized spacial score (nSPS) is 16.0. The second-order valence-corrected chi connectivity index (χ2v) is 5.56. The van der Waals surface area contributed by atoms with Crippen LogP contribution in [-0.4, -0.2) is 38.8 Å².